The molecule has 1 aliphatic carbocycles. The van der Waals surface area contributed by atoms with E-state index in [0.717, 1.165) is 5.56 Å². The summed E-state index contributed by atoms with van der Waals surface area (Å²) in [7, 11) is 0. The summed E-state index contributed by atoms with van der Waals surface area (Å²) < 4.78 is 7.54. The van der Waals surface area contributed by atoms with Crippen molar-refractivity contribution < 1.29 is 6.48 Å². The molecule has 1 fully saturated rings. The van der Waals surface area contributed by atoms with Crippen LogP contribution in [0.5, 0.6) is 0 Å². The van der Waals surface area contributed by atoms with Crippen molar-refractivity contribution in [2.24, 2.45) is 0 Å². The third-order valence-electron chi connectivity index (χ3n) is 2.18. The van der Waals surface area contributed by atoms with Gasteiger partial charge in [0.05, 0.1) is 5.60 Å². The first kappa shape index (κ1) is 5.78. The highest BCUT2D eigenvalue weighted by molar-refractivity contribution is 5.29. The number of rotatable bonds is 1. The zero-order valence-electron chi connectivity index (χ0n) is 7.49. The molecule has 1 aromatic rings. The summed E-state index contributed by atoms with van der Waals surface area (Å²) in [4.78, 5) is 0. The van der Waals surface area contributed by atoms with Gasteiger partial charge in [-0.1, -0.05) is 30.3 Å². The molecule has 0 unspecified atom stereocenters. The van der Waals surface area contributed by atoms with Crippen molar-refractivity contribution in [3.05, 3.63) is 35.9 Å². The lowest BCUT2D eigenvalue weighted by Gasteiger charge is -2.01. The minimum Gasteiger partial charge on any atom is -0.390 e. The van der Waals surface area contributed by atoms with E-state index in [1.165, 1.54) is 0 Å². The molecular formula is C10H12O. The van der Waals surface area contributed by atoms with Gasteiger partial charge in [-0.2, -0.15) is 0 Å². The molecule has 0 amide bonds. The minimum atomic E-state index is -0.804. The fourth-order valence-corrected chi connectivity index (χ4v) is 1.38. The van der Waals surface area contributed by atoms with Gasteiger partial charge in [0.15, 0.2) is 0 Å². The second-order valence-electron chi connectivity index (χ2n) is 3.28. The maximum absolute atomic E-state index is 9.63. The van der Waals surface area contributed by atoms with Crippen LogP contribution in [0.4, 0.5) is 0 Å². The summed E-state index contributed by atoms with van der Waals surface area (Å²) in [6.45, 7) is 1.72. The lowest BCUT2D eigenvalue weighted by Crippen LogP contribution is -2.01. The molecule has 58 valence electrons. The standard InChI is InChI=1S/C10H12O/c1-10(11)7-9(10)8-5-3-2-4-6-8/h2-6,9,11H,7H2,1H3/t9-,10+/m1/s1/i7D/t7-,9-,10+. The molecule has 1 heteroatoms. The number of hydrogen-bond acceptors (Lipinski definition) is 1. The Morgan fingerprint density at radius 1 is 1.55 bits per heavy atom. The molecule has 1 aromatic carbocycles. The van der Waals surface area contributed by atoms with Crippen molar-refractivity contribution in [2.75, 3.05) is 0 Å². The maximum atomic E-state index is 9.63. The molecule has 0 aromatic heterocycles. The second kappa shape index (κ2) is 2.08. The number of hydrogen-bond donors (Lipinski definition) is 1. The van der Waals surface area contributed by atoms with Crippen LogP contribution < -0.4 is 0 Å². The first-order valence-electron chi connectivity index (χ1n) is 4.41. The molecule has 0 spiro atoms. The molecule has 0 saturated heterocycles. The molecule has 2 rings (SSSR count). The monoisotopic (exact) mass is 149 g/mol. The SMILES string of the molecule is [2H][C@@H]1[C@H](c2ccccc2)[C@@]1(C)O. The van der Waals surface area contributed by atoms with Gasteiger partial charge in [0.25, 0.3) is 0 Å². The average Bonchev–Trinajstić information content (AvgIpc) is 2.53. The minimum absolute atomic E-state index is 0.0127. The molecule has 1 N–H and O–H groups in total. The van der Waals surface area contributed by atoms with E-state index in [0.29, 0.717) is 0 Å². The Labute approximate surface area is 68.1 Å². The van der Waals surface area contributed by atoms with Crippen molar-refractivity contribution >= 4 is 0 Å². The Bertz CT molecular complexity index is 281. The van der Waals surface area contributed by atoms with Gasteiger partial charge in [0.2, 0.25) is 0 Å². The van der Waals surface area contributed by atoms with Crippen molar-refractivity contribution in [1.29, 1.82) is 0 Å². The number of benzene rings is 1. The topological polar surface area (TPSA) is 20.2 Å². The van der Waals surface area contributed by atoms with E-state index in [1.54, 1.807) is 6.92 Å². The van der Waals surface area contributed by atoms with E-state index in [2.05, 4.69) is 0 Å². The van der Waals surface area contributed by atoms with Gasteiger partial charge >= 0.3 is 0 Å². The van der Waals surface area contributed by atoms with Crippen LogP contribution in [-0.4, -0.2) is 10.7 Å². The van der Waals surface area contributed by atoms with Crippen molar-refractivity contribution in [2.45, 2.75) is 24.8 Å². The number of aliphatic hydroxyl groups is 1. The van der Waals surface area contributed by atoms with E-state index in [9.17, 15) is 5.11 Å². The summed E-state index contributed by atoms with van der Waals surface area (Å²) in [5, 5.41) is 9.63. The van der Waals surface area contributed by atoms with Crippen LogP contribution in [0, 0.1) is 0 Å². The quantitative estimate of drug-likeness (QED) is 0.646. The van der Waals surface area contributed by atoms with Crippen LogP contribution in [0.15, 0.2) is 30.3 Å². The van der Waals surface area contributed by atoms with Gasteiger partial charge in [-0.25, -0.2) is 0 Å². The van der Waals surface area contributed by atoms with Crippen molar-refractivity contribution in [3.8, 4) is 0 Å². The first-order valence-corrected chi connectivity index (χ1v) is 3.83. The summed E-state index contributed by atoms with van der Waals surface area (Å²) in [6, 6.07) is 9.76. The Morgan fingerprint density at radius 2 is 2.09 bits per heavy atom. The van der Waals surface area contributed by atoms with E-state index >= 15 is 0 Å². The normalized spacial score (nSPS) is 43.3. The molecule has 1 aliphatic rings. The Balaban J connectivity index is 2.25. The summed E-state index contributed by atoms with van der Waals surface area (Å²) in [5.74, 6) is 0.0127. The Kier molecular flexibility index (Phi) is 1.09. The van der Waals surface area contributed by atoms with E-state index in [1.807, 2.05) is 30.3 Å². The fraction of sp³-hybridized carbons (Fsp3) is 0.400. The van der Waals surface area contributed by atoms with Crippen LogP contribution in [0.3, 0.4) is 0 Å². The van der Waals surface area contributed by atoms with Gasteiger partial charge in [0.1, 0.15) is 0 Å². The predicted octanol–water partition coefficient (Wildman–Crippen LogP) is 1.92. The van der Waals surface area contributed by atoms with Crippen molar-refractivity contribution in [3.63, 3.8) is 0 Å². The van der Waals surface area contributed by atoms with Crippen LogP contribution >= 0.6 is 0 Å². The Morgan fingerprint density at radius 3 is 2.55 bits per heavy atom. The highest BCUT2D eigenvalue weighted by atomic mass is 16.3. The van der Waals surface area contributed by atoms with E-state index in [4.69, 9.17) is 1.37 Å². The van der Waals surface area contributed by atoms with Gasteiger partial charge in [-0.15, -0.1) is 0 Å². The van der Waals surface area contributed by atoms with Gasteiger partial charge < -0.3 is 5.11 Å². The summed E-state index contributed by atoms with van der Waals surface area (Å²) in [5.41, 5.74) is 0.268. The summed E-state index contributed by atoms with van der Waals surface area (Å²) >= 11 is 0. The van der Waals surface area contributed by atoms with Crippen LogP contribution in [0.1, 0.15) is 26.2 Å². The second-order valence-corrected chi connectivity index (χ2v) is 3.28. The molecule has 3 atom stereocenters. The highest BCUT2D eigenvalue weighted by Crippen LogP contribution is 2.50. The third-order valence-corrected chi connectivity index (χ3v) is 2.18. The third kappa shape index (κ3) is 1.16. The zero-order valence-corrected chi connectivity index (χ0v) is 6.49. The molecule has 0 bridgehead atoms. The van der Waals surface area contributed by atoms with Crippen LogP contribution in [0.2, 0.25) is 0 Å². The molecule has 0 aliphatic heterocycles. The van der Waals surface area contributed by atoms with Crippen molar-refractivity contribution in [1.82, 2.24) is 0 Å². The zero-order chi connectivity index (χ0) is 8.77. The maximum Gasteiger partial charge on any atom is 0.0696 e. The molecule has 11 heavy (non-hydrogen) atoms. The van der Waals surface area contributed by atoms with Gasteiger partial charge in [-0.3, -0.25) is 0 Å². The van der Waals surface area contributed by atoms with Gasteiger partial charge in [-0.05, 0) is 18.9 Å². The molecule has 1 saturated carbocycles. The largest absolute Gasteiger partial charge is 0.390 e. The molecule has 0 radical (unpaired) electrons. The first-order chi connectivity index (χ1) is 5.64. The van der Waals surface area contributed by atoms with E-state index in [-0.39, 0.29) is 12.3 Å². The molecule has 0 heterocycles. The van der Waals surface area contributed by atoms with E-state index < -0.39 is 5.60 Å². The smallest absolute Gasteiger partial charge is 0.0696 e. The van der Waals surface area contributed by atoms with Gasteiger partial charge in [0, 0.05) is 7.29 Å². The van der Waals surface area contributed by atoms with Crippen LogP contribution in [-0.2, 0) is 0 Å². The Hall–Kier alpha value is -0.820. The molecular weight excluding hydrogens is 136 g/mol. The van der Waals surface area contributed by atoms with Crippen LogP contribution in [0.25, 0.3) is 0 Å². The lowest BCUT2D eigenvalue weighted by atomic mass is 10.1. The average molecular weight is 149 g/mol. The lowest BCUT2D eigenvalue weighted by molar-refractivity contribution is 0.164. The predicted molar refractivity (Wildman–Crippen MR) is 44.4 cm³/mol. The fourth-order valence-electron chi connectivity index (χ4n) is 1.38. The summed E-state index contributed by atoms with van der Waals surface area (Å²) in [6.07, 6.45) is -0.347. The molecule has 1 nitrogen and oxygen atoms in total. The highest BCUT2D eigenvalue weighted by Gasteiger charge is 2.49.